The highest BCUT2D eigenvalue weighted by Gasteiger charge is 2.24. The summed E-state index contributed by atoms with van der Waals surface area (Å²) in [4.78, 5) is 0.201. The van der Waals surface area contributed by atoms with Gasteiger partial charge in [-0.05, 0) is 63.0 Å². The second-order valence-electron chi connectivity index (χ2n) is 5.01. The van der Waals surface area contributed by atoms with Gasteiger partial charge in [-0.3, -0.25) is 0 Å². The fraction of sp³-hybridized carbons (Fsp3) is 0.538. The quantitative estimate of drug-likeness (QED) is 0.893. The zero-order valence-electron chi connectivity index (χ0n) is 11.6. The molecule has 1 aliphatic heterocycles. The summed E-state index contributed by atoms with van der Waals surface area (Å²) in [6.07, 6.45) is 1.55. The summed E-state index contributed by atoms with van der Waals surface area (Å²) >= 11 is 0. The molecule has 0 bridgehead atoms. The lowest BCUT2D eigenvalue weighted by atomic mass is 10.1. The number of nitrogens with one attached hydrogen (secondary N) is 2. The molecule has 20 heavy (non-hydrogen) atoms. The molecule has 0 radical (unpaired) electrons. The second-order valence-corrected chi connectivity index (χ2v) is 6.67. The molecule has 1 fully saturated rings. The Labute approximate surface area is 125 Å². The van der Waals surface area contributed by atoms with Crippen LogP contribution in [-0.4, -0.2) is 27.5 Å². The van der Waals surface area contributed by atoms with Gasteiger partial charge in [0.25, 0.3) is 0 Å². The fourth-order valence-corrected chi connectivity index (χ4v) is 4.30. The van der Waals surface area contributed by atoms with Crippen molar-refractivity contribution in [2.75, 3.05) is 13.1 Å². The number of hydrogen-bond donors (Lipinski definition) is 2. The van der Waals surface area contributed by atoms with Crippen LogP contribution in [0.25, 0.3) is 0 Å². The highest BCUT2D eigenvalue weighted by Crippen LogP contribution is 2.22. The molecular formula is C13H20ClFN2O2S. The molecular weight excluding hydrogens is 303 g/mol. The molecule has 1 aromatic rings. The van der Waals surface area contributed by atoms with Crippen LogP contribution < -0.4 is 10.0 Å². The Morgan fingerprint density at radius 1 is 1.20 bits per heavy atom. The van der Waals surface area contributed by atoms with Crippen molar-refractivity contribution >= 4 is 22.4 Å². The van der Waals surface area contributed by atoms with Gasteiger partial charge in [0.15, 0.2) is 0 Å². The maximum absolute atomic E-state index is 13.2. The predicted octanol–water partition coefficient (Wildman–Crippen LogP) is 1.89. The van der Waals surface area contributed by atoms with Crippen LogP contribution in [0.15, 0.2) is 17.0 Å². The maximum Gasteiger partial charge on any atom is 0.241 e. The third-order valence-corrected chi connectivity index (χ3v) is 5.18. The van der Waals surface area contributed by atoms with E-state index in [1.807, 2.05) is 0 Å². The van der Waals surface area contributed by atoms with Crippen molar-refractivity contribution in [3.05, 3.63) is 29.1 Å². The number of sulfonamides is 1. The molecule has 114 valence electrons. The number of piperidine rings is 1. The lowest BCUT2D eigenvalue weighted by Gasteiger charge is -2.24. The van der Waals surface area contributed by atoms with Gasteiger partial charge in [-0.2, -0.15) is 0 Å². The third kappa shape index (κ3) is 3.91. The van der Waals surface area contributed by atoms with Crippen LogP contribution in [0.5, 0.6) is 0 Å². The molecule has 0 spiro atoms. The van der Waals surface area contributed by atoms with Crippen LogP contribution in [-0.2, 0) is 10.0 Å². The van der Waals surface area contributed by atoms with Crippen molar-refractivity contribution in [3.8, 4) is 0 Å². The Balaban J connectivity index is 0.00000200. The van der Waals surface area contributed by atoms with E-state index in [1.165, 1.54) is 12.1 Å². The van der Waals surface area contributed by atoms with Gasteiger partial charge in [0, 0.05) is 6.04 Å². The molecule has 4 nitrogen and oxygen atoms in total. The van der Waals surface area contributed by atoms with E-state index < -0.39 is 15.8 Å². The highest BCUT2D eigenvalue weighted by atomic mass is 35.5. The average molecular weight is 323 g/mol. The minimum atomic E-state index is -3.58. The number of hydrogen-bond acceptors (Lipinski definition) is 3. The minimum Gasteiger partial charge on any atom is -0.317 e. The monoisotopic (exact) mass is 322 g/mol. The van der Waals surface area contributed by atoms with E-state index in [-0.39, 0.29) is 23.3 Å². The largest absolute Gasteiger partial charge is 0.317 e. The van der Waals surface area contributed by atoms with E-state index in [0.717, 1.165) is 25.9 Å². The first-order valence-electron chi connectivity index (χ1n) is 6.40. The third-order valence-electron chi connectivity index (χ3n) is 3.35. The Morgan fingerprint density at radius 3 is 2.20 bits per heavy atom. The molecule has 1 saturated heterocycles. The molecule has 0 saturated carbocycles. The molecule has 2 N–H and O–H groups in total. The van der Waals surface area contributed by atoms with Crippen LogP contribution >= 0.6 is 12.4 Å². The fourth-order valence-electron chi connectivity index (χ4n) is 2.54. The van der Waals surface area contributed by atoms with Gasteiger partial charge in [-0.15, -0.1) is 12.4 Å². The van der Waals surface area contributed by atoms with Crippen molar-refractivity contribution in [2.24, 2.45) is 0 Å². The predicted molar refractivity (Wildman–Crippen MR) is 79.3 cm³/mol. The molecule has 0 aliphatic carbocycles. The summed E-state index contributed by atoms with van der Waals surface area (Å²) in [5.41, 5.74) is 0.887. The molecule has 1 heterocycles. The lowest BCUT2D eigenvalue weighted by Crippen LogP contribution is -2.42. The second kappa shape index (κ2) is 6.85. The van der Waals surface area contributed by atoms with E-state index in [9.17, 15) is 12.8 Å². The van der Waals surface area contributed by atoms with Crippen molar-refractivity contribution < 1.29 is 12.8 Å². The summed E-state index contributed by atoms with van der Waals surface area (Å²) < 4.78 is 40.8. The molecule has 2 rings (SSSR count). The molecule has 0 atom stereocenters. The molecule has 7 heteroatoms. The van der Waals surface area contributed by atoms with Crippen LogP contribution in [0.2, 0.25) is 0 Å². The van der Waals surface area contributed by atoms with E-state index in [1.54, 1.807) is 13.8 Å². The van der Waals surface area contributed by atoms with E-state index in [2.05, 4.69) is 10.0 Å². The van der Waals surface area contributed by atoms with Crippen molar-refractivity contribution in [3.63, 3.8) is 0 Å². The standard InChI is InChI=1S/C13H19FN2O2S.ClH/c1-9-7-11(14)8-10(2)13(9)19(17,18)16-12-3-5-15-6-4-12;/h7-8,12,15-16H,3-6H2,1-2H3;1H. The number of rotatable bonds is 3. The molecule has 0 amide bonds. The first-order chi connectivity index (χ1) is 8.90. The minimum absolute atomic E-state index is 0. The maximum atomic E-state index is 13.2. The van der Waals surface area contributed by atoms with Gasteiger partial charge in [0.2, 0.25) is 10.0 Å². The van der Waals surface area contributed by atoms with E-state index in [0.29, 0.717) is 11.1 Å². The van der Waals surface area contributed by atoms with Gasteiger partial charge in [-0.25, -0.2) is 17.5 Å². The van der Waals surface area contributed by atoms with Crippen molar-refractivity contribution in [2.45, 2.75) is 37.6 Å². The topological polar surface area (TPSA) is 58.2 Å². The van der Waals surface area contributed by atoms with E-state index >= 15 is 0 Å². The summed E-state index contributed by atoms with van der Waals surface area (Å²) in [7, 11) is -3.58. The Kier molecular flexibility index (Phi) is 5.94. The van der Waals surface area contributed by atoms with Gasteiger partial charge in [0.1, 0.15) is 5.82 Å². The molecule has 0 unspecified atom stereocenters. The summed E-state index contributed by atoms with van der Waals surface area (Å²) in [6, 6.07) is 2.46. The smallest absolute Gasteiger partial charge is 0.241 e. The van der Waals surface area contributed by atoms with E-state index in [4.69, 9.17) is 0 Å². The number of benzene rings is 1. The zero-order chi connectivity index (χ0) is 14.0. The van der Waals surface area contributed by atoms with Crippen LogP contribution in [0.4, 0.5) is 4.39 Å². The number of aryl methyl sites for hydroxylation is 2. The van der Waals surface area contributed by atoms with Gasteiger partial charge in [0.05, 0.1) is 4.90 Å². The molecule has 0 aromatic heterocycles. The lowest BCUT2D eigenvalue weighted by molar-refractivity contribution is 0.427. The van der Waals surface area contributed by atoms with Crippen molar-refractivity contribution in [1.82, 2.24) is 10.0 Å². The first-order valence-corrected chi connectivity index (χ1v) is 7.88. The van der Waals surface area contributed by atoms with Crippen LogP contribution in [0.1, 0.15) is 24.0 Å². The Morgan fingerprint density at radius 2 is 1.70 bits per heavy atom. The average Bonchev–Trinajstić information content (AvgIpc) is 2.27. The Hall–Kier alpha value is -0.690. The SMILES string of the molecule is Cc1cc(F)cc(C)c1S(=O)(=O)NC1CCNCC1.Cl. The summed E-state index contributed by atoms with van der Waals surface area (Å²) in [5, 5.41) is 3.19. The summed E-state index contributed by atoms with van der Waals surface area (Å²) in [5.74, 6) is -0.407. The van der Waals surface area contributed by atoms with Crippen LogP contribution in [0, 0.1) is 19.7 Å². The molecule has 1 aliphatic rings. The van der Waals surface area contributed by atoms with Gasteiger partial charge >= 0.3 is 0 Å². The van der Waals surface area contributed by atoms with Crippen molar-refractivity contribution in [1.29, 1.82) is 0 Å². The zero-order valence-corrected chi connectivity index (χ0v) is 13.2. The molecule has 1 aromatic carbocycles. The van der Waals surface area contributed by atoms with Crippen LogP contribution in [0.3, 0.4) is 0 Å². The Bertz CT molecular complexity index is 549. The normalized spacial score (nSPS) is 16.8. The first kappa shape index (κ1) is 17.4. The summed E-state index contributed by atoms with van der Waals surface area (Å²) in [6.45, 7) is 4.86. The van der Waals surface area contributed by atoms with Gasteiger partial charge in [-0.1, -0.05) is 0 Å². The highest BCUT2D eigenvalue weighted by molar-refractivity contribution is 7.89. The van der Waals surface area contributed by atoms with Gasteiger partial charge < -0.3 is 5.32 Å². The number of halogens is 2.